The van der Waals surface area contributed by atoms with E-state index in [1.54, 1.807) is 37.4 Å². The number of nitrogens with zero attached hydrogens (tertiary/aromatic N) is 1. The zero-order chi connectivity index (χ0) is 28.8. The molecule has 1 unspecified atom stereocenters. The molecule has 6 nitrogen and oxygen atoms in total. The Morgan fingerprint density at radius 3 is 2.12 bits per heavy atom. The van der Waals surface area contributed by atoms with E-state index in [4.69, 9.17) is 9.72 Å². The monoisotopic (exact) mass is 571 g/mol. The van der Waals surface area contributed by atoms with Crippen molar-refractivity contribution in [2.24, 2.45) is 5.41 Å². The fraction of sp³-hybridized carbons (Fsp3) is 0.171. The van der Waals surface area contributed by atoms with Crippen LogP contribution in [0.1, 0.15) is 57.8 Å². The molecule has 42 heavy (non-hydrogen) atoms. The second-order valence-electron chi connectivity index (χ2n) is 11.1. The normalized spacial score (nSPS) is 19.9. The lowest BCUT2D eigenvalue weighted by atomic mass is 9.52. The summed E-state index contributed by atoms with van der Waals surface area (Å²) in [6.07, 6.45) is 0.740. The molecule has 5 aromatic rings. The molecule has 0 spiro atoms. The van der Waals surface area contributed by atoms with E-state index in [-0.39, 0.29) is 23.7 Å². The van der Waals surface area contributed by atoms with Crippen molar-refractivity contribution in [3.8, 4) is 17.0 Å². The topological polar surface area (TPSA) is 80.3 Å². The highest BCUT2D eigenvalue weighted by molar-refractivity contribution is 7.14. The highest BCUT2D eigenvalue weighted by Gasteiger charge is 2.54. The first kappa shape index (κ1) is 26.2. The highest BCUT2D eigenvalue weighted by Crippen LogP contribution is 2.61. The third-order valence-corrected chi connectivity index (χ3v) is 9.43. The lowest BCUT2D eigenvalue weighted by Gasteiger charge is -2.50. The van der Waals surface area contributed by atoms with Gasteiger partial charge in [0.1, 0.15) is 5.75 Å². The number of nitrogens with one attached hydrogen (secondary N) is 2. The summed E-state index contributed by atoms with van der Waals surface area (Å²) in [5, 5.41) is 8.50. The zero-order valence-corrected chi connectivity index (χ0v) is 24.1. The lowest BCUT2D eigenvalue weighted by molar-refractivity contribution is -0.126. The molecule has 2 amide bonds. The second-order valence-corrected chi connectivity index (χ2v) is 11.9. The number of carbonyl (C=O) groups excluding carboxylic acids is 2. The van der Waals surface area contributed by atoms with Crippen LogP contribution in [0.5, 0.6) is 5.75 Å². The number of fused-ring (bicyclic) bond motifs is 1. The Kier molecular flexibility index (Phi) is 6.39. The standard InChI is InChI=1S/C35H29N3O3S/c1-35(19-29-23-9-3-6-12-26(23)31(35)27-13-7-4-10-24(27)29)33(40)38-34-37-30(20-42-34)25-11-5-8-14-28(25)32(39)36-21-15-17-22(41-2)18-16-21/h3-18,20,29,31H,19H2,1-2H3,(H,36,39)(H,37,38,40). The van der Waals surface area contributed by atoms with Crippen molar-refractivity contribution in [1.29, 1.82) is 0 Å². The number of carbonyl (C=O) groups is 2. The van der Waals surface area contributed by atoms with Crippen LogP contribution in [0.2, 0.25) is 0 Å². The van der Waals surface area contributed by atoms with Crippen molar-refractivity contribution < 1.29 is 14.3 Å². The molecule has 1 heterocycles. The van der Waals surface area contributed by atoms with Crippen LogP contribution >= 0.6 is 11.3 Å². The second kappa shape index (κ2) is 10.3. The van der Waals surface area contributed by atoms with Gasteiger partial charge in [0.25, 0.3) is 5.91 Å². The van der Waals surface area contributed by atoms with E-state index < -0.39 is 5.41 Å². The van der Waals surface area contributed by atoms with Gasteiger partial charge in [-0.05, 0) is 65.9 Å². The van der Waals surface area contributed by atoms with Crippen LogP contribution in [0.15, 0.2) is 102 Å². The van der Waals surface area contributed by atoms with Gasteiger partial charge >= 0.3 is 0 Å². The average molecular weight is 572 g/mol. The largest absolute Gasteiger partial charge is 0.497 e. The number of amides is 2. The summed E-state index contributed by atoms with van der Waals surface area (Å²) in [5.74, 6) is 0.594. The summed E-state index contributed by atoms with van der Waals surface area (Å²) < 4.78 is 5.21. The maximum Gasteiger partial charge on any atom is 0.256 e. The molecule has 0 radical (unpaired) electrons. The number of thiazole rings is 1. The zero-order valence-electron chi connectivity index (χ0n) is 23.3. The number of hydrogen-bond acceptors (Lipinski definition) is 5. The van der Waals surface area contributed by atoms with E-state index in [9.17, 15) is 9.59 Å². The maximum absolute atomic E-state index is 14.1. The number of ether oxygens (including phenoxy) is 1. The minimum atomic E-state index is -0.630. The average Bonchev–Trinajstić information content (AvgIpc) is 3.50. The van der Waals surface area contributed by atoms with Gasteiger partial charge in [-0.2, -0.15) is 0 Å². The smallest absolute Gasteiger partial charge is 0.256 e. The molecule has 2 bridgehead atoms. The summed E-state index contributed by atoms with van der Waals surface area (Å²) >= 11 is 1.37. The Morgan fingerprint density at radius 1 is 0.833 bits per heavy atom. The molecule has 208 valence electrons. The number of methoxy groups -OCH3 is 1. The number of aromatic nitrogens is 1. The van der Waals surface area contributed by atoms with E-state index in [1.807, 2.05) is 23.6 Å². The first-order valence-electron chi connectivity index (χ1n) is 14.0. The molecule has 1 aromatic heterocycles. The molecule has 2 N–H and O–H groups in total. The minimum Gasteiger partial charge on any atom is -0.497 e. The van der Waals surface area contributed by atoms with Crippen LogP contribution in [-0.2, 0) is 4.79 Å². The summed E-state index contributed by atoms with van der Waals surface area (Å²) in [6, 6.07) is 31.6. The van der Waals surface area contributed by atoms with Crippen LogP contribution in [-0.4, -0.2) is 23.9 Å². The highest BCUT2D eigenvalue weighted by atomic mass is 32.1. The van der Waals surface area contributed by atoms with E-state index in [0.29, 0.717) is 33.4 Å². The third-order valence-electron chi connectivity index (χ3n) is 8.67. The van der Waals surface area contributed by atoms with Crippen LogP contribution in [0.4, 0.5) is 10.8 Å². The number of anilines is 2. The Labute approximate surface area is 248 Å². The Hall–Kier alpha value is -4.75. The summed E-state index contributed by atoms with van der Waals surface area (Å²) in [5.41, 5.74) is 7.01. The first-order valence-corrected chi connectivity index (χ1v) is 14.8. The van der Waals surface area contributed by atoms with Crippen molar-refractivity contribution in [2.75, 3.05) is 17.7 Å². The molecule has 0 aliphatic heterocycles. The molecular formula is C35H29N3O3S. The van der Waals surface area contributed by atoms with Crippen molar-refractivity contribution in [1.82, 2.24) is 4.98 Å². The quantitative estimate of drug-likeness (QED) is 0.219. The maximum atomic E-state index is 14.1. The van der Waals surface area contributed by atoms with Gasteiger partial charge in [0.2, 0.25) is 5.91 Å². The molecule has 0 saturated heterocycles. The molecular weight excluding hydrogens is 542 g/mol. The van der Waals surface area contributed by atoms with E-state index in [2.05, 4.69) is 66.1 Å². The van der Waals surface area contributed by atoms with Crippen molar-refractivity contribution in [2.45, 2.75) is 25.2 Å². The van der Waals surface area contributed by atoms with Crippen LogP contribution in [0.25, 0.3) is 11.3 Å². The van der Waals surface area contributed by atoms with Crippen molar-refractivity contribution >= 4 is 34.0 Å². The Balaban J connectivity index is 1.14. The van der Waals surface area contributed by atoms with Gasteiger partial charge in [-0.1, -0.05) is 66.7 Å². The molecule has 0 fully saturated rings. The van der Waals surface area contributed by atoms with E-state index in [1.165, 1.54) is 33.6 Å². The van der Waals surface area contributed by atoms with Crippen LogP contribution in [0.3, 0.4) is 0 Å². The fourth-order valence-electron chi connectivity index (χ4n) is 6.66. The van der Waals surface area contributed by atoms with Crippen molar-refractivity contribution in [3.05, 3.63) is 130 Å². The Morgan fingerprint density at radius 2 is 1.45 bits per heavy atom. The molecule has 8 rings (SSSR count). The molecule has 7 heteroatoms. The number of rotatable bonds is 6. The van der Waals surface area contributed by atoms with Crippen molar-refractivity contribution in [3.63, 3.8) is 0 Å². The summed E-state index contributed by atoms with van der Waals surface area (Å²) in [7, 11) is 1.60. The predicted octanol–water partition coefficient (Wildman–Crippen LogP) is 7.70. The SMILES string of the molecule is COc1ccc(NC(=O)c2ccccc2-c2csc(NC(=O)C3(C)CC4c5ccccc5C3c3ccccc34)n2)cc1. The number of hydrogen-bond donors (Lipinski definition) is 2. The summed E-state index contributed by atoms with van der Waals surface area (Å²) in [6.45, 7) is 2.08. The van der Waals surface area contributed by atoms with Gasteiger partial charge in [0, 0.05) is 34.0 Å². The van der Waals surface area contributed by atoms with Gasteiger partial charge in [-0.3, -0.25) is 9.59 Å². The fourth-order valence-corrected chi connectivity index (χ4v) is 7.37. The van der Waals surface area contributed by atoms with E-state index >= 15 is 0 Å². The number of benzene rings is 4. The minimum absolute atomic E-state index is 0.0308. The van der Waals surface area contributed by atoms with Gasteiger partial charge in [0.15, 0.2) is 5.13 Å². The molecule has 0 saturated carbocycles. The molecule has 3 aliphatic rings. The van der Waals surface area contributed by atoms with Gasteiger partial charge < -0.3 is 15.4 Å². The third kappa shape index (κ3) is 4.28. The lowest BCUT2D eigenvalue weighted by Crippen LogP contribution is -2.47. The first-order chi connectivity index (χ1) is 20.5. The van der Waals surface area contributed by atoms with Crippen LogP contribution < -0.4 is 15.4 Å². The predicted molar refractivity (Wildman–Crippen MR) is 166 cm³/mol. The van der Waals surface area contributed by atoms with Gasteiger partial charge in [-0.15, -0.1) is 11.3 Å². The summed E-state index contributed by atoms with van der Waals surface area (Å²) in [4.78, 5) is 32.0. The Bertz CT molecular complexity index is 1780. The molecule has 1 atom stereocenters. The molecule has 3 aliphatic carbocycles. The van der Waals surface area contributed by atoms with E-state index in [0.717, 1.165) is 6.42 Å². The van der Waals surface area contributed by atoms with Gasteiger partial charge in [0.05, 0.1) is 18.2 Å². The molecule has 4 aromatic carbocycles. The van der Waals surface area contributed by atoms with Gasteiger partial charge in [-0.25, -0.2) is 4.98 Å². The van der Waals surface area contributed by atoms with Crippen LogP contribution in [0, 0.1) is 5.41 Å².